The van der Waals surface area contributed by atoms with Gasteiger partial charge in [-0.3, -0.25) is 0 Å². The molecule has 0 unspecified atom stereocenters. The molecular weight excluding hydrogens is 330 g/mol. The van der Waals surface area contributed by atoms with Crippen LogP contribution in [0.15, 0.2) is 40.9 Å². The lowest BCUT2D eigenvalue weighted by Gasteiger charge is -2.12. The zero-order valence-electron chi connectivity index (χ0n) is 10.3. The number of phenols is 1. The van der Waals surface area contributed by atoms with Crippen molar-refractivity contribution in [3.63, 3.8) is 0 Å². The van der Waals surface area contributed by atoms with Crippen molar-refractivity contribution < 1.29 is 9.84 Å². The first-order valence-electron chi connectivity index (χ1n) is 5.65. The van der Waals surface area contributed by atoms with Gasteiger partial charge in [0.1, 0.15) is 11.5 Å². The Morgan fingerprint density at radius 2 is 2.11 bits per heavy atom. The first-order valence-corrected chi connectivity index (χ1v) is 6.82. The summed E-state index contributed by atoms with van der Waals surface area (Å²) in [5, 5.41) is 13.7. The molecule has 0 radical (unpaired) electrons. The van der Waals surface area contributed by atoms with Gasteiger partial charge in [-0.2, -0.15) is 0 Å². The van der Waals surface area contributed by atoms with Crippen molar-refractivity contribution in [2.75, 3.05) is 12.4 Å². The fourth-order valence-electron chi connectivity index (χ4n) is 1.71. The molecule has 0 aromatic heterocycles. The van der Waals surface area contributed by atoms with Crippen LogP contribution in [-0.4, -0.2) is 12.2 Å². The normalized spacial score (nSPS) is 10.3. The van der Waals surface area contributed by atoms with Crippen molar-refractivity contribution in [2.24, 2.45) is 0 Å². The van der Waals surface area contributed by atoms with Gasteiger partial charge in [-0.05, 0) is 40.2 Å². The first kappa shape index (κ1) is 14.0. The molecule has 0 aliphatic carbocycles. The van der Waals surface area contributed by atoms with E-state index in [1.807, 2.05) is 12.1 Å². The number of hydrogen-bond donors (Lipinski definition) is 2. The molecule has 0 fully saturated rings. The quantitative estimate of drug-likeness (QED) is 0.863. The van der Waals surface area contributed by atoms with Gasteiger partial charge in [0, 0.05) is 17.1 Å². The number of hydrogen-bond acceptors (Lipinski definition) is 3. The molecule has 100 valence electrons. The number of anilines is 1. The van der Waals surface area contributed by atoms with Crippen LogP contribution >= 0.6 is 27.5 Å². The van der Waals surface area contributed by atoms with E-state index in [0.717, 1.165) is 11.3 Å². The molecule has 0 atom stereocenters. The predicted molar refractivity (Wildman–Crippen MR) is 81.1 cm³/mol. The number of phenolic OH excluding ortho intramolecular Hbond substituents is 1. The van der Waals surface area contributed by atoms with Gasteiger partial charge in [0.25, 0.3) is 0 Å². The summed E-state index contributed by atoms with van der Waals surface area (Å²) in [4.78, 5) is 0. The molecule has 19 heavy (non-hydrogen) atoms. The monoisotopic (exact) mass is 341 g/mol. The van der Waals surface area contributed by atoms with Gasteiger partial charge in [0.2, 0.25) is 0 Å². The third-order valence-electron chi connectivity index (χ3n) is 2.70. The van der Waals surface area contributed by atoms with Crippen LogP contribution in [0.4, 0.5) is 5.69 Å². The predicted octanol–water partition coefficient (Wildman–Crippen LogP) is 4.43. The topological polar surface area (TPSA) is 41.5 Å². The Hall–Kier alpha value is -1.39. The summed E-state index contributed by atoms with van der Waals surface area (Å²) in [6, 6.07) is 10.9. The van der Waals surface area contributed by atoms with E-state index in [1.54, 1.807) is 31.4 Å². The fraction of sp³-hybridized carbons (Fsp3) is 0.143. The fourth-order valence-corrected chi connectivity index (χ4v) is 2.29. The van der Waals surface area contributed by atoms with Crippen molar-refractivity contribution >= 4 is 33.2 Å². The molecule has 0 heterocycles. The Morgan fingerprint density at radius 1 is 1.32 bits per heavy atom. The highest BCUT2D eigenvalue weighted by molar-refractivity contribution is 9.10. The molecule has 3 nitrogen and oxygen atoms in total. The summed E-state index contributed by atoms with van der Waals surface area (Å²) in [7, 11) is 1.60. The van der Waals surface area contributed by atoms with Crippen LogP contribution in [0.1, 0.15) is 5.56 Å². The van der Waals surface area contributed by atoms with E-state index >= 15 is 0 Å². The lowest BCUT2D eigenvalue weighted by molar-refractivity contribution is 0.416. The van der Waals surface area contributed by atoms with E-state index in [1.165, 1.54) is 0 Å². The maximum absolute atomic E-state index is 9.91. The molecule has 2 N–H and O–H groups in total. The second-order valence-corrected chi connectivity index (χ2v) is 5.24. The van der Waals surface area contributed by atoms with E-state index < -0.39 is 0 Å². The van der Waals surface area contributed by atoms with E-state index in [4.69, 9.17) is 16.3 Å². The van der Waals surface area contributed by atoms with Crippen LogP contribution in [0.25, 0.3) is 0 Å². The minimum Gasteiger partial charge on any atom is -0.506 e. The third-order valence-corrected chi connectivity index (χ3v) is 3.58. The SMILES string of the molecule is COc1ccc(Cl)cc1NCc1cccc(Br)c1O. The van der Waals surface area contributed by atoms with Crippen LogP contribution < -0.4 is 10.1 Å². The number of ether oxygens (including phenoxy) is 1. The van der Waals surface area contributed by atoms with Gasteiger partial charge in [0.15, 0.2) is 0 Å². The average molecular weight is 343 g/mol. The maximum Gasteiger partial charge on any atom is 0.142 e. The number of halogens is 2. The van der Waals surface area contributed by atoms with Crippen LogP contribution in [-0.2, 0) is 6.54 Å². The van der Waals surface area contributed by atoms with Gasteiger partial charge >= 0.3 is 0 Å². The summed E-state index contributed by atoms with van der Waals surface area (Å²) in [5.41, 5.74) is 1.57. The van der Waals surface area contributed by atoms with E-state index in [0.29, 0.717) is 21.8 Å². The second-order valence-electron chi connectivity index (χ2n) is 3.95. The lowest BCUT2D eigenvalue weighted by Crippen LogP contribution is -2.01. The number of benzene rings is 2. The standard InChI is InChI=1S/C14H13BrClNO2/c1-19-13-6-5-10(16)7-12(13)17-8-9-3-2-4-11(15)14(9)18/h2-7,17-18H,8H2,1H3. The number of para-hydroxylation sites is 1. The van der Waals surface area contributed by atoms with Crippen LogP contribution in [0, 0.1) is 0 Å². The van der Waals surface area contributed by atoms with Gasteiger partial charge in [0.05, 0.1) is 17.3 Å². The van der Waals surface area contributed by atoms with E-state index in [-0.39, 0.29) is 5.75 Å². The zero-order valence-corrected chi connectivity index (χ0v) is 12.6. The Labute approximate surface area is 125 Å². The van der Waals surface area contributed by atoms with Crippen molar-refractivity contribution in [1.29, 1.82) is 0 Å². The van der Waals surface area contributed by atoms with Gasteiger partial charge in [-0.15, -0.1) is 0 Å². The Bertz CT molecular complexity index is 590. The van der Waals surface area contributed by atoms with E-state index in [9.17, 15) is 5.11 Å². The molecule has 0 bridgehead atoms. The lowest BCUT2D eigenvalue weighted by atomic mass is 10.2. The highest BCUT2D eigenvalue weighted by Crippen LogP contribution is 2.31. The van der Waals surface area contributed by atoms with Gasteiger partial charge in [-0.1, -0.05) is 23.7 Å². The zero-order chi connectivity index (χ0) is 13.8. The molecule has 0 amide bonds. The summed E-state index contributed by atoms with van der Waals surface area (Å²) in [6.07, 6.45) is 0. The summed E-state index contributed by atoms with van der Waals surface area (Å²) >= 11 is 9.25. The largest absolute Gasteiger partial charge is 0.506 e. The van der Waals surface area contributed by atoms with Gasteiger partial charge < -0.3 is 15.2 Å². The molecule has 2 rings (SSSR count). The van der Waals surface area contributed by atoms with Gasteiger partial charge in [-0.25, -0.2) is 0 Å². The first-order chi connectivity index (χ1) is 9.11. The summed E-state index contributed by atoms with van der Waals surface area (Å²) in [5.74, 6) is 0.940. The molecule has 0 saturated heterocycles. The molecule has 5 heteroatoms. The number of methoxy groups -OCH3 is 1. The number of rotatable bonds is 4. The summed E-state index contributed by atoms with van der Waals surface area (Å²) in [6.45, 7) is 0.474. The minimum atomic E-state index is 0.232. The molecule has 0 aliphatic heterocycles. The third kappa shape index (κ3) is 3.33. The highest BCUT2D eigenvalue weighted by atomic mass is 79.9. The molecular formula is C14H13BrClNO2. The van der Waals surface area contributed by atoms with E-state index in [2.05, 4.69) is 21.2 Å². The second kappa shape index (κ2) is 6.17. The van der Waals surface area contributed by atoms with Crippen molar-refractivity contribution in [3.8, 4) is 11.5 Å². The summed E-state index contributed by atoms with van der Waals surface area (Å²) < 4.78 is 5.92. The van der Waals surface area contributed by atoms with Crippen molar-refractivity contribution in [3.05, 3.63) is 51.5 Å². The smallest absolute Gasteiger partial charge is 0.142 e. The highest BCUT2D eigenvalue weighted by Gasteiger charge is 2.07. The Balaban J connectivity index is 2.18. The number of nitrogens with one attached hydrogen (secondary N) is 1. The average Bonchev–Trinajstić information content (AvgIpc) is 2.40. The molecule has 0 aliphatic rings. The van der Waals surface area contributed by atoms with Crippen molar-refractivity contribution in [1.82, 2.24) is 0 Å². The van der Waals surface area contributed by atoms with Crippen molar-refractivity contribution in [2.45, 2.75) is 6.54 Å². The molecule has 2 aromatic rings. The minimum absolute atomic E-state index is 0.232. The molecule has 0 saturated carbocycles. The molecule has 0 spiro atoms. The molecule has 2 aromatic carbocycles. The maximum atomic E-state index is 9.91. The van der Waals surface area contributed by atoms with Crippen LogP contribution in [0.2, 0.25) is 5.02 Å². The van der Waals surface area contributed by atoms with Crippen LogP contribution in [0.5, 0.6) is 11.5 Å². The van der Waals surface area contributed by atoms with Crippen LogP contribution in [0.3, 0.4) is 0 Å². The Morgan fingerprint density at radius 3 is 2.84 bits per heavy atom. The Kier molecular flexibility index (Phi) is 4.56. The number of aromatic hydroxyl groups is 1.